The maximum Gasteiger partial charge on any atom is 0.363 e. The van der Waals surface area contributed by atoms with E-state index in [0.717, 1.165) is 11.3 Å². The number of carbonyl (C=O) groups excluding carboxylic acids is 1. The highest BCUT2D eigenvalue weighted by molar-refractivity contribution is 6.11. The van der Waals surface area contributed by atoms with Crippen molar-refractivity contribution in [3.63, 3.8) is 0 Å². The molecule has 0 unspecified atom stereocenters. The van der Waals surface area contributed by atoms with E-state index in [4.69, 9.17) is 13.9 Å². The van der Waals surface area contributed by atoms with E-state index in [1.807, 2.05) is 24.3 Å². The highest BCUT2D eigenvalue weighted by Gasteiger charge is 2.21. The first kappa shape index (κ1) is 13.9. The lowest BCUT2D eigenvalue weighted by atomic mass is 10.2. The molecule has 0 aliphatic carbocycles. The van der Waals surface area contributed by atoms with Gasteiger partial charge in [0, 0.05) is 12.2 Å². The minimum Gasteiger partial charge on any atom is -0.497 e. The Balaban J connectivity index is 1.75. The molecule has 0 spiro atoms. The Labute approximate surface area is 127 Å². The van der Waals surface area contributed by atoms with E-state index in [2.05, 4.69) is 4.99 Å². The second-order valence-corrected chi connectivity index (χ2v) is 4.49. The van der Waals surface area contributed by atoms with Gasteiger partial charge < -0.3 is 13.9 Å². The number of rotatable bonds is 4. The van der Waals surface area contributed by atoms with Gasteiger partial charge in [0.1, 0.15) is 11.5 Å². The number of nitrogens with zero attached hydrogens (tertiary/aromatic N) is 1. The van der Waals surface area contributed by atoms with Gasteiger partial charge in [-0.2, -0.15) is 0 Å². The molecule has 110 valence electrons. The van der Waals surface area contributed by atoms with Crippen molar-refractivity contribution in [2.24, 2.45) is 4.99 Å². The first-order chi connectivity index (χ1) is 10.7. The van der Waals surface area contributed by atoms with Crippen LogP contribution in [0.4, 0.5) is 0 Å². The van der Waals surface area contributed by atoms with Gasteiger partial charge in [0.2, 0.25) is 5.90 Å². The summed E-state index contributed by atoms with van der Waals surface area (Å²) in [6.07, 6.45) is 6.52. The van der Waals surface area contributed by atoms with E-state index in [1.165, 1.54) is 12.3 Å². The molecule has 1 aromatic carbocycles. The highest BCUT2D eigenvalue weighted by atomic mass is 16.6. The number of furan rings is 1. The lowest BCUT2D eigenvalue weighted by Gasteiger charge is -1.98. The summed E-state index contributed by atoms with van der Waals surface area (Å²) in [5.41, 5.74) is 1.16. The van der Waals surface area contributed by atoms with E-state index >= 15 is 0 Å². The number of ether oxygens (including phenoxy) is 2. The minimum atomic E-state index is -0.495. The van der Waals surface area contributed by atoms with E-state index in [0.29, 0.717) is 5.76 Å². The second-order valence-electron chi connectivity index (χ2n) is 4.49. The van der Waals surface area contributed by atoms with Crippen LogP contribution in [0.15, 0.2) is 63.8 Å². The number of esters is 1. The van der Waals surface area contributed by atoms with Gasteiger partial charge in [-0.1, -0.05) is 12.1 Å². The van der Waals surface area contributed by atoms with Crippen LogP contribution in [0.1, 0.15) is 11.3 Å². The third-order valence-electron chi connectivity index (χ3n) is 2.99. The number of methoxy groups -OCH3 is 1. The van der Waals surface area contributed by atoms with Gasteiger partial charge in [-0.05, 0) is 35.9 Å². The third kappa shape index (κ3) is 3.15. The van der Waals surface area contributed by atoms with Crippen molar-refractivity contribution >= 4 is 24.0 Å². The molecule has 0 radical (unpaired) electrons. The Morgan fingerprint density at radius 1 is 1.14 bits per heavy atom. The normalized spacial score (nSPS) is 16.1. The van der Waals surface area contributed by atoms with Crippen molar-refractivity contribution in [2.75, 3.05) is 7.11 Å². The van der Waals surface area contributed by atoms with Gasteiger partial charge in [-0.15, -0.1) is 0 Å². The average molecular weight is 295 g/mol. The molecule has 1 aliphatic rings. The molecule has 2 heterocycles. The number of carbonyl (C=O) groups is 1. The number of cyclic esters (lactones) is 1. The lowest BCUT2D eigenvalue weighted by Crippen LogP contribution is -2.01. The van der Waals surface area contributed by atoms with Crippen molar-refractivity contribution in [3.8, 4) is 5.75 Å². The minimum absolute atomic E-state index is 0.212. The summed E-state index contributed by atoms with van der Waals surface area (Å²) < 4.78 is 15.3. The van der Waals surface area contributed by atoms with Crippen molar-refractivity contribution in [1.82, 2.24) is 0 Å². The Hall–Kier alpha value is -3.08. The first-order valence-corrected chi connectivity index (χ1v) is 6.63. The average Bonchev–Trinajstić information content (AvgIpc) is 3.17. The summed E-state index contributed by atoms with van der Waals surface area (Å²) in [6.45, 7) is 0. The van der Waals surface area contributed by atoms with Crippen LogP contribution in [-0.4, -0.2) is 19.0 Å². The molecule has 0 atom stereocenters. The summed E-state index contributed by atoms with van der Waals surface area (Å²) in [5.74, 6) is 1.09. The molecular formula is C17H13NO4. The molecule has 2 aromatic rings. The van der Waals surface area contributed by atoms with Crippen molar-refractivity contribution < 1.29 is 18.7 Å². The molecule has 0 saturated heterocycles. The SMILES string of the molecule is COc1ccc(/C=C/C2=NC(=C\c3ccco3)/C(=O)O2)cc1. The molecule has 22 heavy (non-hydrogen) atoms. The standard InChI is InChI=1S/C17H13NO4/c1-20-13-7-4-12(5-8-13)6-9-16-18-15(17(19)22-16)11-14-3-2-10-21-14/h2-11H,1H3/b9-6+,15-11-. The summed E-state index contributed by atoms with van der Waals surface area (Å²) in [5, 5.41) is 0. The van der Waals surface area contributed by atoms with Gasteiger partial charge >= 0.3 is 5.97 Å². The predicted molar refractivity (Wildman–Crippen MR) is 82.2 cm³/mol. The Kier molecular flexibility index (Phi) is 3.87. The number of benzene rings is 1. The zero-order valence-corrected chi connectivity index (χ0v) is 11.9. The van der Waals surface area contributed by atoms with Crippen LogP contribution in [0, 0.1) is 0 Å². The van der Waals surface area contributed by atoms with Crippen LogP contribution in [0.2, 0.25) is 0 Å². The number of aliphatic imine (C=N–C) groups is 1. The monoisotopic (exact) mass is 295 g/mol. The van der Waals surface area contributed by atoms with E-state index in [9.17, 15) is 4.79 Å². The molecule has 5 heteroatoms. The largest absolute Gasteiger partial charge is 0.497 e. The maximum atomic E-state index is 11.7. The molecule has 0 bridgehead atoms. The van der Waals surface area contributed by atoms with Gasteiger partial charge in [0.15, 0.2) is 5.70 Å². The first-order valence-electron chi connectivity index (χ1n) is 6.63. The molecule has 0 N–H and O–H groups in total. The van der Waals surface area contributed by atoms with E-state index < -0.39 is 5.97 Å². The fourth-order valence-corrected chi connectivity index (χ4v) is 1.89. The summed E-state index contributed by atoms with van der Waals surface area (Å²) in [7, 11) is 1.62. The molecule has 1 aliphatic heterocycles. The smallest absolute Gasteiger partial charge is 0.363 e. The van der Waals surface area contributed by atoms with Gasteiger partial charge in [0.25, 0.3) is 0 Å². The molecule has 5 nitrogen and oxygen atoms in total. The van der Waals surface area contributed by atoms with Gasteiger partial charge in [-0.25, -0.2) is 9.79 Å². The van der Waals surface area contributed by atoms with E-state index in [-0.39, 0.29) is 11.6 Å². The second kappa shape index (κ2) is 6.13. The Morgan fingerprint density at radius 2 is 1.95 bits per heavy atom. The quantitative estimate of drug-likeness (QED) is 0.641. The summed E-state index contributed by atoms with van der Waals surface area (Å²) >= 11 is 0. The Morgan fingerprint density at radius 3 is 2.64 bits per heavy atom. The van der Waals surface area contributed by atoms with Gasteiger partial charge in [0.05, 0.1) is 13.4 Å². The zero-order chi connectivity index (χ0) is 15.4. The van der Waals surface area contributed by atoms with Crippen molar-refractivity contribution in [2.45, 2.75) is 0 Å². The summed E-state index contributed by atoms with van der Waals surface area (Å²) in [4.78, 5) is 15.8. The Bertz CT molecular complexity index is 752. The summed E-state index contributed by atoms with van der Waals surface area (Å²) in [6, 6.07) is 11.0. The molecule has 3 rings (SSSR count). The molecule has 0 fully saturated rings. The fourth-order valence-electron chi connectivity index (χ4n) is 1.89. The van der Waals surface area contributed by atoms with Crippen LogP contribution in [-0.2, 0) is 9.53 Å². The topological polar surface area (TPSA) is 61.0 Å². The third-order valence-corrected chi connectivity index (χ3v) is 2.99. The predicted octanol–water partition coefficient (Wildman–Crippen LogP) is 3.30. The number of hydrogen-bond donors (Lipinski definition) is 0. The van der Waals surface area contributed by atoms with Crippen LogP contribution in [0.25, 0.3) is 12.2 Å². The van der Waals surface area contributed by atoms with Gasteiger partial charge in [-0.3, -0.25) is 0 Å². The van der Waals surface area contributed by atoms with Crippen molar-refractivity contribution in [1.29, 1.82) is 0 Å². The fraction of sp³-hybridized carbons (Fsp3) is 0.0588. The van der Waals surface area contributed by atoms with Crippen LogP contribution in [0.3, 0.4) is 0 Å². The van der Waals surface area contributed by atoms with Crippen LogP contribution >= 0.6 is 0 Å². The van der Waals surface area contributed by atoms with Crippen molar-refractivity contribution in [3.05, 3.63) is 65.8 Å². The number of hydrogen-bond acceptors (Lipinski definition) is 5. The highest BCUT2D eigenvalue weighted by Crippen LogP contribution is 2.17. The molecule has 1 aromatic heterocycles. The van der Waals surface area contributed by atoms with Crippen LogP contribution < -0.4 is 4.74 Å². The molecular weight excluding hydrogens is 282 g/mol. The maximum absolute atomic E-state index is 11.7. The van der Waals surface area contributed by atoms with Crippen LogP contribution in [0.5, 0.6) is 5.75 Å². The lowest BCUT2D eigenvalue weighted by molar-refractivity contribution is -0.129. The molecule has 0 saturated carbocycles. The zero-order valence-electron chi connectivity index (χ0n) is 11.9. The molecule has 0 amide bonds. The van der Waals surface area contributed by atoms with E-state index in [1.54, 1.807) is 31.4 Å².